The molecule has 0 aromatic carbocycles. The molecule has 0 radical (unpaired) electrons. The van der Waals surface area contributed by atoms with E-state index in [0.717, 1.165) is 4.68 Å². The lowest BCUT2D eigenvalue weighted by molar-refractivity contribution is -0.133. The van der Waals surface area contributed by atoms with Crippen LogP contribution in [0.5, 0.6) is 0 Å². The third kappa shape index (κ3) is 3.59. The van der Waals surface area contributed by atoms with Crippen molar-refractivity contribution in [2.45, 2.75) is 6.54 Å². The molecule has 1 aliphatic heterocycles. The zero-order valence-electron chi connectivity index (χ0n) is 15.0. The molecule has 0 spiro atoms. The first kappa shape index (κ1) is 17.8. The van der Waals surface area contributed by atoms with Gasteiger partial charge >= 0.3 is 0 Å². The van der Waals surface area contributed by atoms with Gasteiger partial charge in [-0.3, -0.25) is 14.4 Å². The van der Waals surface area contributed by atoms with E-state index in [-0.39, 0.29) is 29.7 Å². The first-order valence-corrected chi connectivity index (χ1v) is 8.84. The van der Waals surface area contributed by atoms with E-state index in [0.29, 0.717) is 37.6 Å². The van der Waals surface area contributed by atoms with Gasteiger partial charge in [-0.05, 0) is 30.3 Å². The Morgan fingerprint density at radius 3 is 2.32 bits per heavy atom. The average Bonchev–Trinajstić information content (AvgIpc) is 3.43. The summed E-state index contributed by atoms with van der Waals surface area (Å²) in [7, 11) is 0. The molecule has 28 heavy (non-hydrogen) atoms. The van der Waals surface area contributed by atoms with Crippen LogP contribution in [0.3, 0.4) is 0 Å². The second kappa shape index (κ2) is 7.55. The summed E-state index contributed by atoms with van der Waals surface area (Å²) in [4.78, 5) is 40.2. The molecule has 1 aliphatic rings. The number of carbonyl (C=O) groups excluding carboxylic acids is 2. The van der Waals surface area contributed by atoms with Gasteiger partial charge < -0.3 is 18.6 Å². The van der Waals surface area contributed by atoms with Crippen molar-refractivity contribution < 1.29 is 18.4 Å². The van der Waals surface area contributed by atoms with Crippen LogP contribution in [0.2, 0.25) is 0 Å². The number of carbonyl (C=O) groups is 2. The molecule has 144 valence electrons. The summed E-state index contributed by atoms with van der Waals surface area (Å²) < 4.78 is 11.5. The first-order chi connectivity index (χ1) is 13.6. The molecule has 3 aromatic heterocycles. The second-order valence-corrected chi connectivity index (χ2v) is 6.34. The highest BCUT2D eigenvalue weighted by Crippen LogP contribution is 2.15. The van der Waals surface area contributed by atoms with Gasteiger partial charge in [-0.2, -0.15) is 5.10 Å². The van der Waals surface area contributed by atoms with Gasteiger partial charge in [0.25, 0.3) is 11.5 Å². The molecule has 0 unspecified atom stereocenters. The van der Waals surface area contributed by atoms with Crippen LogP contribution in [-0.4, -0.2) is 57.6 Å². The van der Waals surface area contributed by atoms with E-state index in [1.54, 1.807) is 40.1 Å². The lowest BCUT2D eigenvalue weighted by atomic mass is 10.2. The molecule has 0 atom stereocenters. The van der Waals surface area contributed by atoms with Gasteiger partial charge in [-0.15, -0.1) is 0 Å². The van der Waals surface area contributed by atoms with Crippen LogP contribution in [0.4, 0.5) is 0 Å². The largest absolute Gasteiger partial charge is 0.463 e. The average molecular weight is 382 g/mol. The Kier molecular flexibility index (Phi) is 4.79. The summed E-state index contributed by atoms with van der Waals surface area (Å²) in [6.45, 7) is 1.41. The summed E-state index contributed by atoms with van der Waals surface area (Å²) >= 11 is 0. The van der Waals surface area contributed by atoms with Crippen LogP contribution < -0.4 is 5.56 Å². The Labute approximate surface area is 159 Å². The molecule has 0 saturated carbocycles. The molecule has 1 saturated heterocycles. The van der Waals surface area contributed by atoms with Crippen molar-refractivity contribution in [1.29, 1.82) is 0 Å². The Bertz CT molecular complexity index is 1020. The predicted octanol–water partition coefficient (Wildman–Crippen LogP) is 1.08. The molecular formula is C19H18N4O5. The fourth-order valence-corrected chi connectivity index (χ4v) is 3.06. The highest BCUT2D eigenvalue weighted by atomic mass is 16.3. The number of nitrogens with zero attached hydrogens (tertiary/aromatic N) is 4. The molecule has 0 aliphatic carbocycles. The Morgan fingerprint density at radius 2 is 1.64 bits per heavy atom. The number of amides is 2. The molecule has 9 heteroatoms. The number of furan rings is 2. The predicted molar refractivity (Wildman–Crippen MR) is 97.4 cm³/mol. The normalized spacial score (nSPS) is 14.3. The highest BCUT2D eigenvalue weighted by molar-refractivity contribution is 5.91. The van der Waals surface area contributed by atoms with E-state index in [1.165, 1.54) is 18.6 Å². The minimum Gasteiger partial charge on any atom is -0.463 e. The zero-order valence-corrected chi connectivity index (χ0v) is 15.0. The van der Waals surface area contributed by atoms with Crippen molar-refractivity contribution in [2.75, 3.05) is 26.2 Å². The molecular weight excluding hydrogens is 364 g/mol. The first-order valence-electron chi connectivity index (χ1n) is 8.84. The van der Waals surface area contributed by atoms with E-state index in [2.05, 4.69) is 5.10 Å². The lowest BCUT2D eigenvalue weighted by Gasteiger charge is -2.34. The van der Waals surface area contributed by atoms with E-state index < -0.39 is 0 Å². The zero-order chi connectivity index (χ0) is 19.5. The maximum Gasteiger partial charge on any atom is 0.289 e. The van der Waals surface area contributed by atoms with Crippen molar-refractivity contribution in [3.05, 3.63) is 65.0 Å². The van der Waals surface area contributed by atoms with E-state index >= 15 is 0 Å². The Balaban J connectivity index is 1.39. The van der Waals surface area contributed by atoms with E-state index in [4.69, 9.17) is 8.83 Å². The number of hydrogen-bond acceptors (Lipinski definition) is 6. The standard InChI is InChI=1S/C19H18N4O5/c24-17-6-5-14(15-3-1-11-27-15)20-23(17)13-18(25)21-7-9-22(10-8-21)19(26)16-4-2-12-28-16/h1-6,11-12H,7-10,13H2. The molecule has 3 aromatic rings. The summed E-state index contributed by atoms with van der Waals surface area (Å²) in [5.74, 6) is 0.383. The van der Waals surface area contributed by atoms with Gasteiger partial charge in [0.05, 0.1) is 12.5 Å². The minimum atomic E-state index is -0.365. The number of hydrogen-bond donors (Lipinski definition) is 0. The van der Waals surface area contributed by atoms with Crippen LogP contribution in [0.15, 0.2) is 62.6 Å². The maximum atomic E-state index is 12.6. The van der Waals surface area contributed by atoms with Crippen molar-refractivity contribution in [3.63, 3.8) is 0 Å². The van der Waals surface area contributed by atoms with Crippen molar-refractivity contribution >= 4 is 11.8 Å². The van der Waals surface area contributed by atoms with Crippen LogP contribution in [0.25, 0.3) is 11.5 Å². The summed E-state index contributed by atoms with van der Waals surface area (Å²) in [6.07, 6.45) is 2.97. The molecule has 0 N–H and O–H groups in total. The monoisotopic (exact) mass is 382 g/mol. The topological polar surface area (TPSA) is 102 Å². The highest BCUT2D eigenvalue weighted by Gasteiger charge is 2.26. The third-order valence-electron chi connectivity index (χ3n) is 4.58. The van der Waals surface area contributed by atoms with E-state index in [9.17, 15) is 14.4 Å². The van der Waals surface area contributed by atoms with Gasteiger partial charge in [0.2, 0.25) is 5.91 Å². The molecule has 4 heterocycles. The molecule has 4 rings (SSSR count). The van der Waals surface area contributed by atoms with Crippen LogP contribution in [-0.2, 0) is 11.3 Å². The van der Waals surface area contributed by atoms with Crippen LogP contribution >= 0.6 is 0 Å². The molecule has 1 fully saturated rings. The van der Waals surface area contributed by atoms with Crippen molar-refractivity contribution in [1.82, 2.24) is 19.6 Å². The van der Waals surface area contributed by atoms with Crippen molar-refractivity contribution in [2.24, 2.45) is 0 Å². The van der Waals surface area contributed by atoms with Crippen LogP contribution in [0, 0.1) is 0 Å². The summed E-state index contributed by atoms with van der Waals surface area (Å²) in [6, 6.07) is 9.65. The van der Waals surface area contributed by atoms with Crippen molar-refractivity contribution in [3.8, 4) is 11.5 Å². The molecule has 2 amide bonds. The van der Waals surface area contributed by atoms with Gasteiger partial charge in [0.1, 0.15) is 12.2 Å². The minimum absolute atomic E-state index is 0.167. The Hall–Kier alpha value is -3.62. The third-order valence-corrected chi connectivity index (χ3v) is 4.58. The smallest absolute Gasteiger partial charge is 0.289 e. The molecule has 0 bridgehead atoms. The fourth-order valence-electron chi connectivity index (χ4n) is 3.06. The number of rotatable bonds is 4. The van der Waals surface area contributed by atoms with Gasteiger partial charge in [-0.25, -0.2) is 4.68 Å². The lowest BCUT2D eigenvalue weighted by Crippen LogP contribution is -2.51. The Morgan fingerprint density at radius 1 is 0.929 bits per heavy atom. The summed E-state index contributed by atoms with van der Waals surface area (Å²) in [5, 5.41) is 4.21. The van der Waals surface area contributed by atoms with E-state index in [1.807, 2.05) is 0 Å². The maximum absolute atomic E-state index is 12.6. The fraction of sp³-hybridized carbons (Fsp3) is 0.263. The number of aromatic nitrogens is 2. The second-order valence-electron chi connectivity index (χ2n) is 6.34. The van der Waals surface area contributed by atoms with Gasteiger partial charge in [0.15, 0.2) is 11.5 Å². The van der Waals surface area contributed by atoms with Crippen LogP contribution in [0.1, 0.15) is 10.6 Å². The number of piperazine rings is 1. The quantitative estimate of drug-likeness (QED) is 0.669. The van der Waals surface area contributed by atoms with Gasteiger partial charge in [-0.1, -0.05) is 0 Å². The summed E-state index contributed by atoms with van der Waals surface area (Å²) in [5.41, 5.74) is 0.113. The van der Waals surface area contributed by atoms with Gasteiger partial charge in [0, 0.05) is 32.2 Å². The SMILES string of the molecule is O=C(Cn1nc(-c2ccco2)ccc1=O)N1CCN(C(=O)c2ccco2)CC1. The molecule has 9 nitrogen and oxygen atoms in total.